The second-order valence-corrected chi connectivity index (χ2v) is 3.76. The molecule has 1 atom stereocenters. The first kappa shape index (κ1) is 14.4. The molecule has 6 heteroatoms. The van der Waals surface area contributed by atoms with Crippen LogP contribution in [0.4, 0.5) is 8.78 Å². The number of carbonyl (C=O) groups excluding carboxylic acids is 1. The van der Waals surface area contributed by atoms with E-state index in [1.54, 1.807) is 12.1 Å². The van der Waals surface area contributed by atoms with Crippen molar-refractivity contribution < 1.29 is 23.4 Å². The summed E-state index contributed by atoms with van der Waals surface area (Å²) in [5.74, 6) is 0.0000103. The summed E-state index contributed by atoms with van der Waals surface area (Å²) in [7, 11) is 0. The molecule has 0 bridgehead atoms. The van der Waals surface area contributed by atoms with E-state index >= 15 is 0 Å². The third-order valence-electron chi connectivity index (χ3n) is 2.25. The molecule has 18 heavy (non-hydrogen) atoms. The van der Waals surface area contributed by atoms with Crippen molar-refractivity contribution in [3.8, 4) is 5.75 Å². The van der Waals surface area contributed by atoms with E-state index < -0.39 is 25.0 Å². The highest BCUT2D eigenvalue weighted by Gasteiger charge is 2.17. The summed E-state index contributed by atoms with van der Waals surface area (Å²) in [6.07, 6.45) is -4.73. The molecule has 100 valence electrons. The average Bonchev–Trinajstić information content (AvgIpc) is 2.34. The Labute approximate surface area is 104 Å². The molecular formula is C12H15F2NO3. The van der Waals surface area contributed by atoms with Gasteiger partial charge >= 0.3 is 0 Å². The van der Waals surface area contributed by atoms with Crippen molar-refractivity contribution in [2.75, 3.05) is 13.2 Å². The maximum atomic E-state index is 11.9. The van der Waals surface area contributed by atoms with E-state index in [0.29, 0.717) is 5.75 Å². The third-order valence-corrected chi connectivity index (χ3v) is 2.25. The van der Waals surface area contributed by atoms with Crippen LogP contribution in [0.1, 0.15) is 5.56 Å². The van der Waals surface area contributed by atoms with Gasteiger partial charge in [0, 0.05) is 6.54 Å². The summed E-state index contributed by atoms with van der Waals surface area (Å²) < 4.78 is 29.1. The summed E-state index contributed by atoms with van der Waals surface area (Å²) >= 11 is 0. The fourth-order valence-corrected chi connectivity index (χ4v) is 1.22. The van der Waals surface area contributed by atoms with E-state index in [9.17, 15) is 13.6 Å². The molecule has 0 heterocycles. The maximum absolute atomic E-state index is 11.9. The van der Waals surface area contributed by atoms with Gasteiger partial charge in [-0.2, -0.15) is 0 Å². The van der Waals surface area contributed by atoms with Crippen LogP contribution < -0.4 is 10.1 Å². The Kier molecular flexibility index (Phi) is 5.51. The Bertz CT molecular complexity index is 399. The van der Waals surface area contributed by atoms with E-state index in [-0.39, 0.29) is 6.61 Å². The molecule has 4 nitrogen and oxygen atoms in total. The maximum Gasteiger partial charge on any atom is 0.265 e. The number of halogens is 2. The molecule has 1 rings (SSSR count). The van der Waals surface area contributed by atoms with Crippen molar-refractivity contribution in [3.05, 3.63) is 29.8 Å². The van der Waals surface area contributed by atoms with Gasteiger partial charge < -0.3 is 15.2 Å². The van der Waals surface area contributed by atoms with Gasteiger partial charge in [-0.05, 0) is 18.6 Å². The molecule has 1 amide bonds. The molecule has 0 spiro atoms. The predicted molar refractivity (Wildman–Crippen MR) is 61.7 cm³/mol. The van der Waals surface area contributed by atoms with Crippen LogP contribution in [0.25, 0.3) is 0 Å². The zero-order chi connectivity index (χ0) is 13.5. The molecule has 0 aromatic heterocycles. The lowest BCUT2D eigenvalue weighted by Crippen LogP contribution is -2.38. The van der Waals surface area contributed by atoms with Gasteiger partial charge in [0.15, 0.2) is 6.61 Å². The number of ether oxygens (including phenoxy) is 1. The van der Waals surface area contributed by atoms with Gasteiger partial charge in [-0.3, -0.25) is 4.79 Å². The number of para-hydroxylation sites is 1. The van der Waals surface area contributed by atoms with Crippen LogP contribution in [0.5, 0.6) is 5.75 Å². The topological polar surface area (TPSA) is 58.6 Å². The van der Waals surface area contributed by atoms with Gasteiger partial charge in [0.1, 0.15) is 11.9 Å². The molecule has 0 aliphatic rings. The zero-order valence-electron chi connectivity index (χ0n) is 9.90. The average molecular weight is 259 g/mol. The molecule has 0 aliphatic heterocycles. The SMILES string of the molecule is Cc1ccccc1OCC(=O)NCC(O)C(F)F. The smallest absolute Gasteiger partial charge is 0.265 e. The number of amides is 1. The molecule has 0 fully saturated rings. The highest BCUT2D eigenvalue weighted by atomic mass is 19.3. The Hall–Kier alpha value is -1.69. The monoisotopic (exact) mass is 259 g/mol. The van der Waals surface area contributed by atoms with Crippen molar-refractivity contribution in [1.29, 1.82) is 0 Å². The first-order valence-electron chi connectivity index (χ1n) is 5.42. The summed E-state index contributed by atoms with van der Waals surface area (Å²) in [6, 6.07) is 7.13. The number of aliphatic hydroxyl groups is 1. The Morgan fingerprint density at radius 1 is 1.44 bits per heavy atom. The predicted octanol–water partition coefficient (Wildman–Crippen LogP) is 1.12. The highest BCUT2D eigenvalue weighted by Crippen LogP contribution is 2.15. The van der Waals surface area contributed by atoms with E-state index in [1.807, 2.05) is 19.1 Å². The molecule has 1 unspecified atom stereocenters. The molecule has 0 radical (unpaired) electrons. The molecule has 0 saturated heterocycles. The van der Waals surface area contributed by atoms with Crippen LogP contribution in [0.2, 0.25) is 0 Å². The van der Waals surface area contributed by atoms with Crippen LogP contribution in [0, 0.1) is 6.92 Å². The summed E-state index contributed by atoms with van der Waals surface area (Å²) in [6.45, 7) is 1.06. The number of alkyl halides is 2. The Morgan fingerprint density at radius 3 is 2.72 bits per heavy atom. The van der Waals surface area contributed by atoms with Crippen LogP contribution in [0.3, 0.4) is 0 Å². The number of hydrogen-bond donors (Lipinski definition) is 2. The number of aryl methyl sites for hydroxylation is 1. The normalized spacial score (nSPS) is 12.3. The molecule has 1 aromatic rings. The van der Waals surface area contributed by atoms with Gasteiger partial charge in [-0.25, -0.2) is 8.78 Å². The standard InChI is InChI=1S/C12H15F2NO3/c1-8-4-2-3-5-10(8)18-7-11(17)15-6-9(16)12(13)14/h2-5,9,12,16H,6-7H2,1H3,(H,15,17). The summed E-state index contributed by atoms with van der Waals surface area (Å²) in [4.78, 5) is 11.3. The van der Waals surface area contributed by atoms with E-state index in [4.69, 9.17) is 9.84 Å². The Balaban J connectivity index is 2.32. The van der Waals surface area contributed by atoms with Gasteiger partial charge in [0.2, 0.25) is 0 Å². The molecule has 0 aliphatic carbocycles. The number of hydrogen-bond acceptors (Lipinski definition) is 3. The van der Waals surface area contributed by atoms with E-state index in [2.05, 4.69) is 5.32 Å². The van der Waals surface area contributed by atoms with Crippen molar-refractivity contribution in [1.82, 2.24) is 5.32 Å². The van der Waals surface area contributed by atoms with Gasteiger partial charge in [-0.15, -0.1) is 0 Å². The number of nitrogens with one attached hydrogen (secondary N) is 1. The quantitative estimate of drug-likeness (QED) is 0.804. The molecular weight excluding hydrogens is 244 g/mol. The van der Waals surface area contributed by atoms with Gasteiger partial charge in [0.25, 0.3) is 12.3 Å². The lowest BCUT2D eigenvalue weighted by molar-refractivity contribution is -0.124. The number of carbonyl (C=O) groups is 1. The van der Waals surface area contributed by atoms with Crippen LogP contribution >= 0.6 is 0 Å². The minimum atomic E-state index is -2.87. The van der Waals surface area contributed by atoms with Crippen LogP contribution in [-0.2, 0) is 4.79 Å². The van der Waals surface area contributed by atoms with Crippen molar-refractivity contribution in [3.63, 3.8) is 0 Å². The molecule has 0 saturated carbocycles. The number of benzene rings is 1. The van der Waals surface area contributed by atoms with E-state index in [1.165, 1.54) is 0 Å². The second-order valence-electron chi connectivity index (χ2n) is 3.76. The fourth-order valence-electron chi connectivity index (χ4n) is 1.22. The first-order chi connectivity index (χ1) is 8.50. The van der Waals surface area contributed by atoms with Crippen molar-refractivity contribution in [2.24, 2.45) is 0 Å². The first-order valence-corrected chi connectivity index (χ1v) is 5.42. The Morgan fingerprint density at radius 2 is 2.11 bits per heavy atom. The second kappa shape index (κ2) is 6.90. The minimum Gasteiger partial charge on any atom is -0.484 e. The highest BCUT2D eigenvalue weighted by molar-refractivity contribution is 5.77. The summed E-state index contributed by atoms with van der Waals surface area (Å²) in [5.41, 5.74) is 0.873. The fraction of sp³-hybridized carbons (Fsp3) is 0.417. The van der Waals surface area contributed by atoms with Crippen molar-refractivity contribution >= 4 is 5.91 Å². The third kappa shape index (κ3) is 4.67. The van der Waals surface area contributed by atoms with Crippen LogP contribution in [0.15, 0.2) is 24.3 Å². The molecule has 1 aromatic carbocycles. The summed E-state index contributed by atoms with van der Waals surface area (Å²) in [5, 5.41) is 11.0. The van der Waals surface area contributed by atoms with Gasteiger partial charge in [0.05, 0.1) is 0 Å². The van der Waals surface area contributed by atoms with E-state index in [0.717, 1.165) is 5.56 Å². The van der Waals surface area contributed by atoms with Crippen LogP contribution in [-0.4, -0.2) is 36.7 Å². The number of rotatable bonds is 6. The minimum absolute atomic E-state index is 0.277. The largest absolute Gasteiger partial charge is 0.484 e. The lowest BCUT2D eigenvalue weighted by Gasteiger charge is -2.12. The van der Waals surface area contributed by atoms with Crippen molar-refractivity contribution in [2.45, 2.75) is 19.5 Å². The lowest BCUT2D eigenvalue weighted by atomic mass is 10.2. The molecule has 2 N–H and O–H groups in total. The van der Waals surface area contributed by atoms with Gasteiger partial charge in [-0.1, -0.05) is 18.2 Å². The zero-order valence-corrected chi connectivity index (χ0v) is 9.90. The number of aliphatic hydroxyl groups excluding tert-OH is 1.